The smallest absolute Gasteiger partial charge is 0.326 e. The Hall–Kier alpha value is -3.06. The maximum absolute atomic E-state index is 13.5. The molecule has 1 unspecified atom stereocenters. The SMILES string of the molecule is CCc1cccc2c(C(=O)C(OC(=O)CN3CSCC3=O)c3ccccc3)c[nH]c12. The van der Waals surface area contributed by atoms with E-state index in [2.05, 4.69) is 11.9 Å². The van der Waals surface area contributed by atoms with Crippen LogP contribution in [0.15, 0.2) is 54.7 Å². The van der Waals surface area contributed by atoms with Crippen molar-refractivity contribution in [1.29, 1.82) is 0 Å². The Balaban J connectivity index is 1.64. The molecule has 2 aromatic carbocycles. The number of amides is 1. The third-order valence-corrected chi connectivity index (χ3v) is 6.13. The molecule has 154 valence electrons. The highest BCUT2D eigenvalue weighted by Crippen LogP contribution is 2.29. The second kappa shape index (κ2) is 8.75. The Morgan fingerprint density at radius 1 is 1.17 bits per heavy atom. The van der Waals surface area contributed by atoms with Crippen molar-refractivity contribution in [3.05, 3.63) is 71.4 Å². The van der Waals surface area contributed by atoms with Gasteiger partial charge in [-0.25, -0.2) is 0 Å². The van der Waals surface area contributed by atoms with Gasteiger partial charge >= 0.3 is 5.97 Å². The molecule has 30 heavy (non-hydrogen) atoms. The van der Waals surface area contributed by atoms with Crippen molar-refractivity contribution in [2.45, 2.75) is 19.4 Å². The van der Waals surface area contributed by atoms with Gasteiger partial charge in [0.15, 0.2) is 6.10 Å². The molecule has 0 bridgehead atoms. The van der Waals surface area contributed by atoms with Crippen LogP contribution >= 0.6 is 11.8 Å². The zero-order chi connectivity index (χ0) is 21.1. The topological polar surface area (TPSA) is 79.5 Å². The second-order valence-electron chi connectivity index (χ2n) is 7.11. The second-order valence-corrected chi connectivity index (χ2v) is 8.06. The third-order valence-electron chi connectivity index (χ3n) is 5.18. The number of hydrogen-bond acceptors (Lipinski definition) is 5. The number of ether oxygens (including phenoxy) is 1. The zero-order valence-electron chi connectivity index (χ0n) is 16.6. The van der Waals surface area contributed by atoms with E-state index in [-0.39, 0.29) is 18.2 Å². The summed E-state index contributed by atoms with van der Waals surface area (Å²) in [7, 11) is 0. The molecule has 0 saturated carbocycles. The van der Waals surface area contributed by atoms with Gasteiger partial charge in [-0.3, -0.25) is 14.4 Å². The number of esters is 1. The van der Waals surface area contributed by atoms with Gasteiger partial charge in [0.1, 0.15) is 6.54 Å². The number of carbonyl (C=O) groups is 3. The summed E-state index contributed by atoms with van der Waals surface area (Å²) in [5.74, 6) is -0.162. The number of para-hydroxylation sites is 1. The van der Waals surface area contributed by atoms with Crippen molar-refractivity contribution >= 4 is 40.3 Å². The molecule has 1 aliphatic heterocycles. The molecule has 0 aliphatic carbocycles. The maximum Gasteiger partial charge on any atom is 0.326 e. The quantitative estimate of drug-likeness (QED) is 0.464. The van der Waals surface area contributed by atoms with Crippen molar-refractivity contribution in [2.75, 3.05) is 18.2 Å². The van der Waals surface area contributed by atoms with Crippen LogP contribution in [-0.2, 0) is 20.7 Å². The lowest BCUT2D eigenvalue weighted by molar-refractivity contribution is -0.151. The van der Waals surface area contributed by atoms with Crippen LogP contribution in [-0.4, -0.2) is 45.7 Å². The molecule has 1 aliphatic rings. The molecular formula is C23H22N2O4S. The van der Waals surface area contributed by atoms with E-state index in [1.165, 1.54) is 16.7 Å². The fraction of sp³-hybridized carbons (Fsp3) is 0.261. The van der Waals surface area contributed by atoms with Gasteiger partial charge in [-0.05, 0) is 12.0 Å². The number of aromatic nitrogens is 1. The minimum atomic E-state index is -1.08. The molecule has 0 radical (unpaired) electrons. The number of rotatable bonds is 7. The van der Waals surface area contributed by atoms with Crippen LogP contribution in [0.1, 0.15) is 34.5 Å². The van der Waals surface area contributed by atoms with Crippen LogP contribution < -0.4 is 0 Å². The molecule has 2 heterocycles. The monoisotopic (exact) mass is 422 g/mol. The van der Waals surface area contributed by atoms with Gasteiger partial charge in [0.05, 0.1) is 11.6 Å². The van der Waals surface area contributed by atoms with Crippen molar-refractivity contribution in [3.8, 4) is 0 Å². The maximum atomic E-state index is 13.5. The molecule has 1 fully saturated rings. The van der Waals surface area contributed by atoms with Crippen LogP contribution in [0.4, 0.5) is 0 Å². The molecule has 1 aromatic heterocycles. The minimum Gasteiger partial charge on any atom is -0.448 e. The molecule has 3 aromatic rings. The Kier molecular flexibility index (Phi) is 5.90. The molecular weight excluding hydrogens is 400 g/mol. The number of thioether (sulfide) groups is 1. The highest BCUT2D eigenvalue weighted by molar-refractivity contribution is 8.00. The summed E-state index contributed by atoms with van der Waals surface area (Å²) < 4.78 is 5.63. The van der Waals surface area contributed by atoms with Gasteiger partial charge in [0, 0.05) is 28.2 Å². The Morgan fingerprint density at radius 3 is 2.67 bits per heavy atom. The van der Waals surface area contributed by atoms with Gasteiger partial charge in [0.25, 0.3) is 0 Å². The lowest BCUT2D eigenvalue weighted by Crippen LogP contribution is -2.34. The molecule has 4 rings (SSSR count). The first-order chi connectivity index (χ1) is 14.6. The molecule has 6 nitrogen and oxygen atoms in total. The van der Waals surface area contributed by atoms with Crippen LogP contribution in [0.5, 0.6) is 0 Å². The Labute approximate surface area is 178 Å². The normalized spacial score (nSPS) is 14.8. The van der Waals surface area contributed by atoms with Crippen molar-refractivity contribution in [3.63, 3.8) is 0 Å². The summed E-state index contributed by atoms with van der Waals surface area (Å²) in [4.78, 5) is 42.5. The molecule has 1 amide bonds. The standard InChI is InChI=1S/C23H22N2O4S/c1-2-15-9-6-10-17-18(11-24-21(15)17)22(28)23(16-7-4-3-5-8-16)29-20(27)12-25-14-30-13-19(25)26/h3-11,23-24H,2,12-14H2,1H3. The lowest BCUT2D eigenvalue weighted by Gasteiger charge is -2.19. The van der Waals surface area contributed by atoms with E-state index in [1.807, 2.05) is 24.3 Å². The van der Waals surface area contributed by atoms with Crippen molar-refractivity contribution in [1.82, 2.24) is 9.88 Å². The number of benzene rings is 2. The largest absolute Gasteiger partial charge is 0.448 e. The highest BCUT2D eigenvalue weighted by atomic mass is 32.2. The predicted octanol–water partition coefficient (Wildman–Crippen LogP) is 3.73. The zero-order valence-corrected chi connectivity index (χ0v) is 17.4. The number of aryl methyl sites for hydroxylation is 1. The Morgan fingerprint density at radius 2 is 1.97 bits per heavy atom. The number of nitrogens with zero attached hydrogens (tertiary/aromatic N) is 1. The van der Waals surface area contributed by atoms with E-state index < -0.39 is 12.1 Å². The first kappa shape index (κ1) is 20.2. The number of aromatic amines is 1. The summed E-state index contributed by atoms with van der Waals surface area (Å²) in [6.07, 6.45) is 1.44. The summed E-state index contributed by atoms with van der Waals surface area (Å²) in [5.41, 5.74) is 3.11. The first-order valence-electron chi connectivity index (χ1n) is 9.81. The van der Waals surface area contributed by atoms with Crippen LogP contribution in [0.2, 0.25) is 0 Å². The van der Waals surface area contributed by atoms with Crippen LogP contribution in [0, 0.1) is 0 Å². The van der Waals surface area contributed by atoms with Crippen LogP contribution in [0.25, 0.3) is 10.9 Å². The molecule has 0 spiro atoms. The number of carbonyl (C=O) groups excluding carboxylic acids is 3. The van der Waals surface area contributed by atoms with E-state index >= 15 is 0 Å². The number of nitrogens with one attached hydrogen (secondary N) is 1. The average molecular weight is 423 g/mol. The van der Waals surface area contributed by atoms with Crippen LogP contribution in [0.3, 0.4) is 0 Å². The third kappa shape index (κ3) is 3.98. The predicted molar refractivity (Wildman–Crippen MR) is 116 cm³/mol. The summed E-state index contributed by atoms with van der Waals surface area (Å²) in [6.45, 7) is 1.90. The van der Waals surface area contributed by atoms with E-state index in [0.717, 1.165) is 22.9 Å². The van der Waals surface area contributed by atoms with Gasteiger partial charge in [-0.1, -0.05) is 55.5 Å². The summed E-state index contributed by atoms with van der Waals surface area (Å²) in [5, 5.41) is 0.808. The highest BCUT2D eigenvalue weighted by Gasteiger charge is 2.30. The number of ketones is 1. The molecule has 1 saturated heterocycles. The summed E-state index contributed by atoms with van der Waals surface area (Å²) >= 11 is 1.45. The lowest BCUT2D eigenvalue weighted by atomic mass is 9.98. The fourth-order valence-corrected chi connectivity index (χ4v) is 4.53. The molecule has 1 atom stereocenters. The molecule has 1 N–H and O–H groups in total. The fourth-order valence-electron chi connectivity index (χ4n) is 3.62. The van der Waals surface area contributed by atoms with Crippen molar-refractivity contribution < 1.29 is 19.1 Å². The van der Waals surface area contributed by atoms with Gasteiger partial charge in [-0.15, -0.1) is 11.8 Å². The summed E-state index contributed by atoms with van der Waals surface area (Å²) in [6, 6.07) is 14.8. The van der Waals surface area contributed by atoms with E-state index in [9.17, 15) is 14.4 Å². The minimum absolute atomic E-state index is 0.0942. The number of H-pyrrole nitrogens is 1. The number of fused-ring (bicyclic) bond motifs is 1. The van der Waals surface area contributed by atoms with Crippen molar-refractivity contribution in [2.24, 2.45) is 0 Å². The van der Waals surface area contributed by atoms with E-state index in [1.54, 1.807) is 30.5 Å². The first-order valence-corrected chi connectivity index (χ1v) is 11.0. The number of Topliss-reactive ketones (excluding diaryl/α,β-unsaturated/α-hetero) is 1. The molecule has 7 heteroatoms. The van der Waals surface area contributed by atoms with Gasteiger partial charge < -0.3 is 14.6 Å². The Bertz CT molecular complexity index is 1090. The number of hydrogen-bond donors (Lipinski definition) is 1. The van der Waals surface area contributed by atoms with E-state index in [4.69, 9.17) is 4.74 Å². The van der Waals surface area contributed by atoms with Gasteiger partial charge in [0.2, 0.25) is 11.7 Å². The van der Waals surface area contributed by atoms with E-state index in [0.29, 0.717) is 22.8 Å². The van der Waals surface area contributed by atoms with Gasteiger partial charge in [-0.2, -0.15) is 0 Å². The average Bonchev–Trinajstić information content (AvgIpc) is 3.38.